The summed E-state index contributed by atoms with van der Waals surface area (Å²) < 4.78 is 0. The van der Waals surface area contributed by atoms with Crippen LogP contribution in [0.2, 0.25) is 5.15 Å². The van der Waals surface area contributed by atoms with Crippen LogP contribution in [0.4, 0.5) is 0 Å². The Kier molecular flexibility index (Phi) is 4.80. The minimum Gasteiger partial charge on any atom is -0.394 e. The molecule has 0 aliphatic rings. The van der Waals surface area contributed by atoms with Crippen LogP contribution in [0.25, 0.3) is 0 Å². The van der Waals surface area contributed by atoms with Gasteiger partial charge in [-0.1, -0.05) is 18.5 Å². The first-order valence-corrected chi connectivity index (χ1v) is 5.46. The maximum Gasteiger partial charge on any atom is 0.272 e. The van der Waals surface area contributed by atoms with Gasteiger partial charge in [-0.25, -0.2) is 9.97 Å². The number of carbonyl (C=O) groups excluding carboxylic acids is 1. The molecule has 1 rings (SSSR count). The van der Waals surface area contributed by atoms with E-state index in [-0.39, 0.29) is 24.1 Å². The van der Waals surface area contributed by atoms with Gasteiger partial charge in [0.05, 0.1) is 31.1 Å². The molecule has 0 atom stereocenters. The number of halogens is 1. The topological polar surface area (TPSA) is 95.3 Å². The van der Waals surface area contributed by atoms with Gasteiger partial charge in [0.25, 0.3) is 5.91 Å². The number of aliphatic hydroxyl groups is 2. The standard InChI is InChI=1S/C10H14ClN3O3/c1-2-10(5-15,6-16)14-9(17)7-3-13-8(11)4-12-7/h3-4,15-16H,2,5-6H2,1H3,(H,14,17). The van der Waals surface area contributed by atoms with Crippen LogP contribution >= 0.6 is 11.6 Å². The molecule has 0 saturated carbocycles. The fourth-order valence-electron chi connectivity index (χ4n) is 1.18. The third-order valence-corrected chi connectivity index (χ3v) is 2.71. The molecule has 0 unspecified atom stereocenters. The van der Waals surface area contributed by atoms with Crippen LogP contribution in [0, 0.1) is 0 Å². The van der Waals surface area contributed by atoms with E-state index in [1.165, 1.54) is 12.4 Å². The maximum atomic E-state index is 11.8. The lowest BCUT2D eigenvalue weighted by Gasteiger charge is -2.29. The van der Waals surface area contributed by atoms with Crippen molar-refractivity contribution >= 4 is 17.5 Å². The maximum absolute atomic E-state index is 11.8. The quantitative estimate of drug-likeness (QED) is 0.691. The van der Waals surface area contributed by atoms with E-state index < -0.39 is 11.4 Å². The number of nitrogens with zero attached hydrogens (tertiary/aromatic N) is 2. The van der Waals surface area contributed by atoms with Gasteiger partial charge >= 0.3 is 0 Å². The van der Waals surface area contributed by atoms with Gasteiger partial charge in [-0.2, -0.15) is 0 Å². The Hall–Kier alpha value is -1.24. The minimum absolute atomic E-state index is 0.0779. The first kappa shape index (κ1) is 13.8. The summed E-state index contributed by atoms with van der Waals surface area (Å²) >= 11 is 5.55. The van der Waals surface area contributed by atoms with Crippen LogP contribution < -0.4 is 5.32 Å². The summed E-state index contributed by atoms with van der Waals surface area (Å²) in [6.45, 7) is 1.04. The molecule has 6 nitrogen and oxygen atoms in total. The fourth-order valence-corrected chi connectivity index (χ4v) is 1.27. The Bertz CT molecular complexity index is 371. The van der Waals surface area contributed by atoms with Gasteiger partial charge < -0.3 is 15.5 Å². The highest BCUT2D eigenvalue weighted by Gasteiger charge is 2.29. The van der Waals surface area contributed by atoms with Crippen molar-refractivity contribution in [1.82, 2.24) is 15.3 Å². The number of hydrogen-bond donors (Lipinski definition) is 3. The molecular weight excluding hydrogens is 246 g/mol. The second-order valence-corrected chi connectivity index (χ2v) is 4.02. The highest BCUT2D eigenvalue weighted by molar-refractivity contribution is 6.29. The molecule has 0 bridgehead atoms. The zero-order chi connectivity index (χ0) is 12.9. The average molecular weight is 260 g/mol. The molecule has 0 aliphatic carbocycles. The Balaban J connectivity index is 2.81. The van der Waals surface area contributed by atoms with Crippen LogP contribution in [-0.2, 0) is 0 Å². The monoisotopic (exact) mass is 259 g/mol. The van der Waals surface area contributed by atoms with Crippen LogP contribution in [0.1, 0.15) is 23.8 Å². The predicted octanol–water partition coefficient (Wildman–Crippen LogP) is -0.00680. The molecule has 0 aliphatic heterocycles. The first-order chi connectivity index (χ1) is 8.06. The molecule has 0 fully saturated rings. The van der Waals surface area contributed by atoms with E-state index in [9.17, 15) is 15.0 Å². The van der Waals surface area contributed by atoms with E-state index in [0.29, 0.717) is 6.42 Å². The summed E-state index contributed by atoms with van der Waals surface area (Å²) in [5.74, 6) is -0.515. The molecule has 1 heterocycles. The lowest BCUT2D eigenvalue weighted by atomic mass is 9.98. The molecule has 3 N–H and O–H groups in total. The number of nitrogens with one attached hydrogen (secondary N) is 1. The Morgan fingerprint density at radius 1 is 1.41 bits per heavy atom. The van der Waals surface area contributed by atoms with Crippen molar-refractivity contribution in [2.45, 2.75) is 18.9 Å². The van der Waals surface area contributed by atoms with E-state index in [1.807, 2.05) is 0 Å². The van der Waals surface area contributed by atoms with Crippen LogP contribution in [0.3, 0.4) is 0 Å². The van der Waals surface area contributed by atoms with Crippen LogP contribution in [-0.4, -0.2) is 44.8 Å². The predicted molar refractivity (Wildman–Crippen MR) is 61.7 cm³/mol. The number of carbonyl (C=O) groups is 1. The largest absolute Gasteiger partial charge is 0.394 e. The third kappa shape index (κ3) is 3.36. The SMILES string of the molecule is CCC(CO)(CO)NC(=O)c1cnc(Cl)cn1. The highest BCUT2D eigenvalue weighted by atomic mass is 35.5. The van der Waals surface area contributed by atoms with Crippen molar-refractivity contribution in [1.29, 1.82) is 0 Å². The van der Waals surface area contributed by atoms with Gasteiger partial charge in [0.2, 0.25) is 0 Å². The second kappa shape index (κ2) is 5.90. The number of aliphatic hydroxyl groups excluding tert-OH is 2. The summed E-state index contributed by atoms with van der Waals surface area (Å²) in [4.78, 5) is 19.3. The zero-order valence-electron chi connectivity index (χ0n) is 9.35. The van der Waals surface area contributed by atoms with Crippen molar-refractivity contribution in [3.63, 3.8) is 0 Å². The van der Waals surface area contributed by atoms with Gasteiger partial charge in [-0.3, -0.25) is 4.79 Å². The van der Waals surface area contributed by atoms with E-state index in [1.54, 1.807) is 6.92 Å². The first-order valence-electron chi connectivity index (χ1n) is 5.08. The Morgan fingerprint density at radius 3 is 2.47 bits per heavy atom. The van der Waals surface area contributed by atoms with Crippen molar-refractivity contribution in [3.05, 3.63) is 23.2 Å². The van der Waals surface area contributed by atoms with Gasteiger partial charge in [0, 0.05) is 0 Å². The molecule has 17 heavy (non-hydrogen) atoms. The van der Waals surface area contributed by atoms with Crippen molar-refractivity contribution in [2.24, 2.45) is 0 Å². The number of aromatic nitrogens is 2. The number of amides is 1. The van der Waals surface area contributed by atoms with Crippen molar-refractivity contribution in [3.8, 4) is 0 Å². The smallest absolute Gasteiger partial charge is 0.272 e. The van der Waals surface area contributed by atoms with Gasteiger partial charge in [-0.15, -0.1) is 0 Å². The van der Waals surface area contributed by atoms with Gasteiger partial charge in [0.15, 0.2) is 0 Å². The minimum atomic E-state index is -1.04. The molecule has 1 aromatic rings. The molecule has 7 heteroatoms. The van der Waals surface area contributed by atoms with E-state index in [4.69, 9.17) is 11.6 Å². The lowest BCUT2D eigenvalue weighted by molar-refractivity contribution is 0.0649. The molecule has 0 spiro atoms. The van der Waals surface area contributed by atoms with Crippen LogP contribution in [0.5, 0.6) is 0 Å². The zero-order valence-corrected chi connectivity index (χ0v) is 10.1. The lowest BCUT2D eigenvalue weighted by Crippen LogP contribution is -2.54. The fraction of sp³-hybridized carbons (Fsp3) is 0.500. The summed E-state index contributed by atoms with van der Waals surface area (Å²) in [6, 6.07) is 0. The third-order valence-electron chi connectivity index (χ3n) is 2.51. The molecule has 1 aromatic heterocycles. The number of hydrogen-bond acceptors (Lipinski definition) is 5. The summed E-state index contributed by atoms with van der Waals surface area (Å²) in [5.41, 5.74) is -0.965. The molecular formula is C10H14ClN3O3. The Morgan fingerprint density at radius 2 is 2.06 bits per heavy atom. The van der Waals surface area contributed by atoms with Gasteiger partial charge in [0.1, 0.15) is 10.8 Å². The molecule has 0 saturated heterocycles. The van der Waals surface area contributed by atoms with E-state index in [0.717, 1.165) is 0 Å². The summed E-state index contributed by atoms with van der Waals surface area (Å²) in [6.07, 6.45) is 2.88. The second-order valence-electron chi connectivity index (χ2n) is 3.63. The molecule has 1 amide bonds. The normalized spacial score (nSPS) is 11.3. The molecule has 0 aromatic carbocycles. The summed E-state index contributed by atoms with van der Waals surface area (Å²) in [7, 11) is 0. The Labute approximate surface area is 104 Å². The van der Waals surface area contributed by atoms with Crippen molar-refractivity contribution in [2.75, 3.05) is 13.2 Å². The summed E-state index contributed by atoms with van der Waals surface area (Å²) in [5, 5.41) is 21.1. The van der Waals surface area contributed by atoms with Gasteiger partial charge in [-0.05, 0) is 6.42 Å². The average Bonchev–Trinajstić information content (AvgIpc) is 2.37. The highest BCUT2D eigenvalue weighted by Crippen LogP contribution is 2.10. The van der Waals surface area contributed by atoms with Crippen molar-refractivity contribution < 1.29 is 15.0 Å². The van der Waals surface area contributed by atoms with E-state index >= 15 is 0 Å². The van der Waals surface area contributed by atoms with E-state index in [2.05, 4.69) is 15.3 Å². The molecule has 94 valence electrons. The molecule has 0 radical (unpaired) electrons. The van der Waals surface area contributed by atoms with Crippen LogP contribution in [0.15, 0.2) is 12.4 Å². The number of rotatable bonds is 5.